The number of hydrogen-bond donors (Lipinski definition) is 2. The molecule has 0 saturated heterocycles. The number of carboxylic acids is 1. The van der Waals surface area contributed by atoms with Crippen LogP contribution in [-0.2, 0) is 16.0 Å². The van der Waals surface area contributed by atoms with Crippen molar-refractivity contribution in [3.63, 3.8) is 0 Å². The van der Waals surface area contributed by atoms with Gasteiger partial charge in [-0.1, -0.05) is 29.8 Å². The van der Waals surface area contributed by atoms with E-state index in [0.717, 1.165) is 11.1 Å². The predicted octanol–water partition coefficient (Wildman–Crippen LogP) is 3.18. The number of carbonyl (C=O) groups excluding carboxylic acids is 1. The van der Waals surface area contributed by atoms with Crippen LogP contribution in [0.2, 0.25) is 0 Å². The topological polar surface area (TPSA) is 110 Å². The van der Waals surface area contributed by atoms with Crippen molar-refractivity contribution >= 4 is 23.3 Å². The average molecular weight is 342 g/mol. The van der Waals surface area contributed by atoms with Crippen LogP contribution in [0.5, 0.6) is 0 Å². The highest BCUT2D eigenvalue weighted by molar-refractivity contribution is 5.93. The first-order valence-electron chi connectivity index (χ1n) is 7.68. The van der Waals surface area contributed by atoms with Crippen LogP contribution >= 0.6 is 0 Å². The second-order valence-corrected chi connectivity index (χ2v) is 5.78. The zero-order chi connectivity index (χ0) is 18.4. The number of anilines is 1. The summed E-state index contributed by atoms with van der Waals surface area (Å²) in [6.07, 6.45) is 0.0744. The van der Waals surface area contributed by atoms with Crippen molar-refractivity contribution in [3.05, 3.63) is 69.8 Å². The molecule has 1 amide bonds. The molecule has 0 saturated carbocycles. The summed E-state index contributed by atoms with van der Waals surface area (Å²) in [5.41, 5.74) is 2.18. The van der Waals surface area contributed by atoms with Gasteiger partial charge in [0.2, 0.25) is 5.91 Å². The molecule has 0 radical (unpaired) electrons. The van der Waals surface area contributed by atoms with E-state index in [9.17, 15) is 24.8 Å². The van der Waals surface area contributed by atoms with Crippen molar-refractivity contribution in [3.8, 4) is 0 Å². The van der Waals surface area contributed by atoms with Gasteiger partial charge in [0.1, 0.15) is 0 Å². The summed E-state index contributed by atoms with van der Waals surface area (Å²) in [6.45, 7) is 1.92. The molecule has 2 rings (SSSR count). The quantitative estimate of drug-likeness (QED) is 0.593. The fourth-order valence-electron chi connectivity index (χ4n) is 2.47. The van der Waals surface area contributed by atoms with Gasteiger partial charge >= 0.3 is 5.97 Å². The monoisotopic (exact) mass is 342 g/mol. The maximum Gasteiger partial charge on any atom is 0.307 e. The van der Waals surface area contributed by atoms with Crippen LogP contribution < -0.4 is 5.32 Å². The highest BCUT2D eigenvalue weighted by Crippen LogP contribution is 2.18. The summed E-state index contributed by atoms with van der Waals surface area (Å²) < 4.78 is 0. The van der Waals surface area contributed by atoms with Crippen LogP contribution in [0.3, 0.4) is 0 Å². The molecule has 2 aromatic carbocycles. The fourth-order valence-corrected chi connectivity index (χ4v) is 2.47. The van der Waals surface area contributed by atoms with E-state index in [1.165, 1.54) is 24.3 Å². The van der Waals surface area contributed by atoms with E-state index in [1.807, 2.05) is 31.2 Å². The van der Waals surface area contributed by atoms with E-state index >= 15 is 0 Å². The molecule has 0 aliphatic rings. The van der Waals surface area contributed by atoms with Crippen molar-refractivity contribution in [1.82, 2.24) is 0 Å². The van der Waals surface area contributed by atoms with Gasteiger partial charge in [-0.3, -0.25) is 19.7 Å². The molecule has 130 valence electrons. The largest absolute Gasteiger partial charge is 0.481 e. The maximum absolute atomic E-state index is 12.1. The molecular weight excluding hydrogens is 324 g/mol. The zero-order valence-electron chi connectivity index (χ0n) is 13.6. The Morgan fingerprint density at radius 2 is 1.88 bits per heavy atom. The molecule has 1 atom stereocenters. The lowest BCUT2D eigenvalue weighted by molar-refractivity contribution is -0.384. The van der Waals surface area contributed by atoms with Gasteiger partial charge in [-0.05, 0) is 31.0 Å². The highest BCUT2D eigenvalue weighted by atomic mass is 16.6. The van der Waals surface area contributed by atoms with Crippen LogP contribution in [0.15, 0.2) is 48.5 Å². The molecule has 0 fully saturated rings. The first-order chi connectivity index (χ1) is 11.8. The third kappa shape index (κ3) is 5.42. The van der Waals surface area contributed by atoms with Gasteiger partial charge in [0.25, 0.3) is 5.69 Å². The van der Waals surface area contributed by atoms with Crippen LogP contribution in [0.4, 0.5) is 11.4 Å². The molecule has 7 heteroatoms. The molecule has 0 unspecified atom stereocenters. The Bertz CT molecular complexity index is 786. The number of rotatable bonds is 7. The number of nitrogens with one attached hydrogen (secondary N) is 1. The van der Waals surface area contributed by atoms with Crippen LogP contribution in [0, 0.1) is 23.0 Å². The fraction of sp³-hybridized carbons (Fsp3) is 0.222. The zero-order valence-corrected chi connectivity index (χ0v) is 13.6. The molecule has 7 nitrogen and oxygen atoms in total. The highest BCUT2D eigenvalue weighted by Gasteiger charge is 2.22. The summed E-state index contributed by atoms with van der Waals surface area (Å²) in [5.74, 6) is -2.34. The summed E-state index contributed by atoms with van der Waals surface area (Å²) in [6, 6.07) is 12.9. The van der Waals surface area contributed by atoms with Crippen molar-refractivity contribution in [1.29, 1.82) is 0 Å². The van der Waals surface area contributed by atoms with Gasteiger partial charge < -0.3 is 10.4 Å². The lowest BCUT2D eigenvalue weighted by atomic mass is 9.95. The summed E-state index contributed by atoms with van der Waals surface area (Å²) in [7, 11) is 0. The minimum absolute atomic E-state index is 0.0825. The van der Waals surface area contributed by atoms with Crippen molar-refractivity contribution in [2.24, 2.45) is 5.92 Å². The van der Waals surface area contributed by atoms with E-state index in [4.69, 9.17) is 0 Å². The number of aliphatic carboxylic acids is 1. The lowest BCUT2D eigenvalue weighted by Gasteiger charge is -2.13. The van der Waals surface area contributed by atoms with E-state index in [0.29, 0.717) is 5.69 Å². The van der Waals surface area contributed by atoms with E-state index < -0.39 is 22.7 Å². The van der Waals surface area contributed by atoms with Gasteiger partial charge in [-0.15, -0.1) is 0 Å². The van der Waals surface area contributed by atoms with Crippen molar-refractivity contribution in [2.75, 3.05) is 5.32 Å². The minimum atomic E-state index is -1.04. The van der Waals surface area contributed by atoms with E-state index in [1.54, 1.807) is 0 Å². The number of carboxylic acid groups (broad SMARTS) is 1. The summed E-state index contributed by atoms with van der Waals surface area (Å²) in [4.78, 5) is 33.6. The number of nitrogens with zero attached hydrogens (tertiary/aromatic N) is 1. The van der Waals surface area contributed by atoms with Crippen LogP contribution in [0.25, 0.3) is 0 Å². The Hall–Kier alpha value is -3.22. The molecule has 0 aliphatic carbocycles. The summed E-state index contributed by atoms with van der Waals surface area (Å²) >= 11 is 0. The third-order valence-corrected chi connectivity index (χ3v) is 3.71. The molecule has 0 aromatic heterocycles. The standard InChI is InChI=1S/C18H18N2O5/c1-12-3-2-4-13(9-12)10-14(18(22)23)11-17(21)19-15-5-7-16(8-6-15)20(24)25/h2-9,14H,10-11H2,1H3,(H,19,21)(H,22,23)/t14-/m1/s1. The second kappa shape index (κ2) is 8.05. The Labute approximate surface area is 144 Å². The van der Waals surface area contributed by atoms with Gasteiger partial charge in [-0.2, -0.15) is 0 Å². The number of carbonyl (C=O) groups is 2. The number of nitro benzene ring substituents is 1. The summed E-state index contributed by atoms with van der Waals surface area (Å²) in [5, 5.41) is 22.5. The average Bonchev–Trinajstić information content (AvgIpc) is 2.54. The minimum Gasteiger partial charge on any atom is -0.481 e. The van der Waals surface area contributed by atoms with Gasteiger partial charge in [0.15, 0.2) is 0 Å². The lowest BCUT2D eigenvalue weighted by Crippen LogP contribution is -2.24. The number of non-ortho nitro benzene ring substituents is 1. The Balaban J connectivity index is 2.00. The molecule has 0 bridgehead atoms. The third-order valence-electron chi connectivity index (χ3n) is 3.71. The van der Waals surface area contributed by atoms with Crippen LogP contribution in [-0.4, -0.2) is 21.9 Å². The van der Waals surface area contributed by atoms with Gasteiger partial charge in [-0.25, -0.2) is 0 Å². The normalized spacial score (nSPS) is 11.6. The van der Waals surface area contributed by atoms with E-state index in [2.05, 4.69) is 5.32 Å². The molecule has 25 heavy (non-hydrogen) atoms. The molecule has 0 spiro atoms. The predicted molar refractivity (Wildman–Crippen MR) is 92.4 cm³/mol. The molecular formula is C18H18N2O5. The smallest absolute Gasteiger partial charge is 0.307 e. The second-order valence-electron chi connectivity index (χ2n) is 5.78. The SMILES string of the molecule is Cc1cccc(C[C@H](CC(=O)Nc2ccc([N+](=O)[O-])cc2)C(=O)O)c1. The Kier molecular flexibility index (Phi) is 5.84. The Morgan fingerprint density at radius 3 is 2.44 bits per heavy atom. The Morgan fingerprint density at radius 1 is 1.20 bits per heavy atom. The van der Waals surface area contributed by atoms with Crippen LogP contribution in [0.1, 0.15) is 17.5 Å². The maximum atomic E-state index is 12.1. The molecule has 2 aromatic rings. The van der Waals surface area contributed by atoms with Gasteiger partial charge in [0, 0.05) is 24.2 Å². The molecule has 0 aliphatic heterocycles. The number of nitro groups is 1. The van der Waals surface area contributed by atoms with Crippen molar-refractivity contribution in [2.45, 2.75) is 19.8 Å². The first-order valence-corrected chi connectivity index (χ1v) is 7.68. The number of hydrogen-bond acceptors (Lipinski definition) is 4. The molecule has 0 heterocycles. The number of aryl methyl sites for hydroxylation is 1. The van der Waals surface area contributed by atoms with Gasteiger partial charge in [0.05, 0.1) is 10.8 Å². The molecule has 2 N–H and O–H groups in total. The first kappa shape index (κ1) is 18.1. The number of amides is 1. The van der Waals surface area contributed by atoms with Crippen molar-refractivity contribution < 1.29 is 19.6 Å². The number of benzene rings is 2. The van der Waals surface area contributed by atoms with E-state index in [-0.39, 0.29) is 18.5 Å².